The molecule has 0 saturated carbocycles. The minimum atomic E-state index is -0.145. The van der Waals surface area contributed by atoms with Crippen LogP contribution in [0.25, 0.3) is 10.6 Å². The number of methoxy groups -OCH3 is 1. The molecule has 1 N–H and O–H groups in total. The van der Waals surface area contributed by atoms with Crippen LogP contribution in [0.15, 0.2) is 41.8 Å². The SMILES string of the molecule is CCOc1cc2c(cc1NC(=O)Cc1csc(-c3ccc(OC)cc3)n1)OC(C)C2. The van der Waals surface area contributed by atoms with Crippen LogP contribution in [0.4, 0.5) is 5.69 Å². The summed E-state index contributed by atoms with van der Waals surface area (Å²) in [6.45, 7) is 4.48. The molecule has 6 nitrogen and oxygen atoms in total. The van der Waals surface area contributed by atoms with Crippen molar-refractivity contribution < 1.29 is 19.0 Å². The Morgan fingerprint density at radius 3 is 2.83 bits per heavy atom. The summed E-state index contributed by atoms with van der Waals surface area (Å²) >= 11 is 1.52. The lowest BCUT2D eigenvalue weighted by Gasteiger charge is -2.13. The molecule has 1 unspecified atom stereocenters. The number of nitrogens with one attached hydrogen (secondary N) is 1. The number of ether oxygens (including phenoxy) is 3. The molecule has 0 spiro atoms. The topological polar surface area (TPSA) is 69.7 Å². The third-order valence-corrected chi connectivity index (χ3v) is 5.74. The quantitative estimate of drug-likeness (QED) is 0.594. The van der Waals surface area contributed by atoms with Gasteiger partial charge in [-0.1, -0.05) is 0 Å². The molecule has 0 aliphatic carbocycles. The first kappa shape index (κ1) is 20.2. The number of anilines is 1. The highest BCUT2D eigenvalue weighted by atomic mass is 32.1. The van der Waals surface area contributed by atoms with Crippen LogP contribution in [-0.4, -0.2) is 30.7 Å². The summed E-state index contributed by atoms with van der Waals surface area (Å²) in [5.41, 5.74) is 3.45. The van der Waals surface area contributed by atoms with Gasteiger partial charge < -0.3 is 19.5 Å². The molecular formula is C23H24N2O4S. The van der Waals surface area contributed by atoms with Gasteiger partial charge in [0.15, 0.2) is 0 Å². The van der Waals surface area contributed by atoms with Crippen LogP contribution in [0.5, 0.6) is 17.2 Å². The van der Waals surface area contributed by atoms with Crippen LogP contribution in [0.3, 0.4) is 0 Å². The second-order valence-electron chi connectivity index (χ2n) is 7.12. The molecule has 156 valence electrons. The first-order chi connectivity index (χ1) is 14.6. The molecule has 2 aromatic carbocycles. The minimum absolute atomic E-state index is 0.131. The van der Waals surface area contributed by atoms with Crippen molar-refractivity contribution in [2.75, 3.05) is 19.0 Å². The number of hydrogen-bond acceptors (Lipinski definition) is 6. The van der Waals surface area contributed by atoms with Crippen molar-refractivity contribution in [1.29, 1.82) is 0 Å². The van der Waals surface area contributed by atoms with Crippen molar-refractivity contribution in [3.63, 3.8) is 0 Å². The summed E-state index contributed by atoms with van der Waals surface area (Å²) in [4.78, 5) is 17.3. The smallest absolute Gasteiger partial charge is 0.230 e. The summed E-state index contributed by atoms with van der Waals surface area (Å²) < 4.78 is 16.7. The standard InChI is InChI=1S/C23H24N2O4S/c1-4-28-21-10-16-9-14(2)29-20(16)12-19(21)25-22(26)11-17-13-30-23(24-17)15-5-7-18(27-3)8-6-15/h5-8,10,12-14H,4,9,11H2,1-3H3,(H,25,26). The Labute approximate surface area is 179 Å². The summed E-state index contributed by atoms with van der Waals surface area (Å²) in [6, 6.07) is 11.5. The molecule has 1 aromatic heterocycles. The monoisotopic (exact) mass is 424 g/mol. The molecule has 2 heterocycles. The Morgan fingerprint density at radius 1 is 1.30 bits per heavy atom. The Morgan fingerprint density at radius 2 is 2.10 bits per heavy atom. The lowest BCUT2D eigenvalue weighted by atomic mass is 10.1. The highest BCUT2D eigenvalue weighted by Gasteiger charge is 2.22. The van der Waals surface area contributed by atoms with Gasteiger partial charge in [-0.05, 0) is 44.2 Å². The van der Waals surface area contributed by atoms with Crippen LogP contribution in [0.2, 0.25) is 0 Å². The second-order valence-corrected chi connectivity index (χ2v) is 7.98. The van der Waals surface area contributed by atoms with Gasteiger partial charge in [-0.3, -0.25) is 4.79 Å². The van der Waals surface area contributed by atoms with Crippen molar-refractivity contribution in [3.05, 3.63) is 53.0 Å². The van der Waals surface area contributed by atoms with E-state index in [0.717, 1.165) is 39.7 Å². The van der Waals surface area contributed by atoms with E-state index >= 15 is 0 Å². The maximum absolute atomic E-state index is 12.7. The van der Waals surface area contributed by atoms with Crippen molar-refractivity contribution in [3.8, 4) is 27.8 Å². The molecule has 0 fully saturated rings. The number of aromatic nitrogens is 1. The maximum Gasteiger partial charge on any atom is 0.230 e. The summed E-state index contributed by atoms with van der Waals surface area (Å²) in [5.74, 6) is 2.12. The highest BCUT2D eigenvalue weighted by Crippen LogP contribution is 2.38. The van der Waals surface area contributed by atoms with Gasteiger partial charge in [0.2, 0.25) is 5.91 Å². The molecule has 4 rings (SSSR count). The number of rotatable bonds is 7. The minimum Gasteiger partial charge on any atom is -0.497 e. The Kier molecular flexibility index (Phi) is 5.90. The van der Waals surface area contributed by atoms with E-state index in [1.54, 1.807) is 7.11 Å². The Bertz CT molecular complexity index is 1050. The Balaban J connectivity index is 1.46. The van der Waals surface area contributed by atoms with Gasteiger partial charge in [-0.15, -0.1) is 11.3 Å². The van der Waals surface area contributed by atoms with E-state index in [2.05, 4.69) is 10.3 Å². The molecule has 1 aliphatic rings. The van der Waals surface area contributed by atoms with Gasteiger partial charge in [0.1, 0.15) is 28.4 Å². The molecule has 7 heteroatoms. The molecule has 1 amide bonds. The molecule has 0 saturated heterocycles. The number of carbonyl (C=O) groups excluding carboxylic acids is 1. The van der Waals surface area contributed by atoms with Crippen LogP contribution in [-0.2, 0) is 17.6 Å². The number of nitrogens with zero attached hydrogens (tertiary/aromatic N) is 1. The van der Waals surface area contributed by atoms with Crippen molar-refractivity contribution in [2.24, 2.45) is 0 Å². The number of benzene rings is 2. The zero-order valence-electron chi connectivity index (χ0n) is 17.2. The lowest BCUT2D eigenvalue weighted by molar-refractivity contribution is -0.115. The van der Waals surface area contributed by atoms with Crippen molar-refractivity contribution >= 4 is 22.9 Å². The van der Waals surface area contributed by atoms with Gasteiger partial charge in [0, 0.05) is 29.0 Å². The van der Waals surface area contributed by atoms with Crippen LogP contribution in [0, 0.1) is 0 Å². The van der Waals surface area contributed by atoms with Crippen LogP contribution in [0.1, 0.15) is 25.1 Å². The number of hydrogen-bond donors (Lipinski definition) is 1. The normalized spacial score (nSPS) is 14.7. The highest BCUT2D eigenvalue weighted by molar-refractivity contribution is 7.13. The van der Waals surface area contributed by atoms with Gasteiger partial charge in [-0.2, -0.15) is 0 Å². The Hall–Kier alpha value is -3.06. The number of thiazole rings is 1. The lowest BCUT2D eigenvalue weighted by Crippen LogP contribution is -2.15. The van der Waals surface area contributed by atoms with E-state index in [0.29, 0.717) is 18.0 Å². The van der Waals surface area contributed by atoms with Gasteiger partial charge in [-0.25, -0.2) is 4.98 Å². The number of fused-ring (bicyclic) bond motifs is 1. The first-order valence-electron chi connectivity index (χ1n) is 9.90. The van der Waals surface area contributed by atoms with E-state index in [-0.39, 0.29) is 18.4 Å². The second kappa shape index (κ2) is 8.75. The predicted molar refractivity (Wildman–Crippen MR) is 118 cm³/mol. The zero-order chi connectivity index (χ0) is 21.1. The first-order valence-corrected chi connectivity index (χ1v) is 10.8. The third kappa shape index (κ3) is 4.41. The summed E-state index contributed by atoms with van der Waals surface area (Å²) in [5, 5.41) is 5.74. The molecule has 0 radical (unpaired) electrons. The van der Waals surface area contributed by atoms with E-state index in [1.807, 2.05) is 55.6 Å². The molecule has 1 aliphatic heterocycles. The molecular weight excluding hydrogens is 400 g/mol. The predicted octanol–water partition coefficient (Wildman–Crippen LogP) is 4.72. The third-order valence-electron chi connectivity index (χ3n) is 4.80. The van der Waals surface area contributed by atoms with E-state index in [9.17, 15) is 4.79 Å². The summed E-state index contributed by atoms with van der Waals surface area (Å²) in [6.07, 6.45) is 1.16. The van der Waals surface area contributed by atoms with Crippen molar-refractivity contribution in [2.45, 2.75) is 32.8 Å². The van der Waals surface area contributed by atoms with E-state index in [4.69, 9.17) is 14.2 Å². The molecule has 0 bridgehead atoms. The van der Waals surface area contributed by atoms with Crippen molar-refractivity contribution in [1.82, 2.24) is 4.98 Å². The fourth-order valence-electron chi connectivity index (χ4n) is 3.43. The largest absolute Gasteiger partial charge is 0.497 e. The van der Waals surface area contributed by atoms with Gasteiger partial charge >= 0.3 is 0 Å². The van der Waals surface area contributed by atoms with Gasteiger partial charge in [0.05, 0.1) is 31.5 Å². The van der Waals surface area contributed by atoms with Crippen LogP contribution < -0.4 is 19.5 Å². The van der Waals surface area contributed by atoms with E-state index < -0.39 is 0 Å². The fourth-order valence-corrected chi connectivity index (χ4v) is 4.25. The van der Waals surface area contributed by atoms with Gasteiger partial charge in [0.25, 0.3) is 0 Å². The fraction of sp³-hybridized carbons (Fsp3) is 0.304. The summed E-state index contributed by atoms with van der Waals surface area (Å²) in [7, 11) is 1.64. The molecule has 30 heavy (non-hydrogen) atoms. The molecule has 1 atom stereocenters. The maximum atomic E-state index is 12.7. The number of carbonyl (C=O) groups is 1. The van der Waals surface area contributed by atoms with E-state index in [1.165, 1.54) is 11.3 Å². The zero-order valence-corrected chi connectivity index (χ0v) is 18.0. The average molecular weight is 425 g/mol. The molecule has 3 aromatic rings. The average Bonchev–Trinajstić information content (AvgIpc) is 3.34. The number of amides is 1. The van der Waals surface area contributed by atoms with Crippen LogP contribution >= 0.6 is 11.3 Å².